The van der Waals surface area contributed by atoms with Crippen molar-refractivity contribution in [3.05, 3.63) is 87.6 Å². The fraction of sp³-hybridized carbons (Fsp3) is 0.0500. The zero-order valence-electron chi connectivity index (χ0n) is 14.7. The van der Waals surface area contributed by atoms with Gasteiger partial charge in [0.15, 0.2) is 4.96 Å². The fourth-order valence-corrected chi connectivity index (χ4v) is 3.92. The monoisotopic (exact) mass is 429 g/mol. The average Bonchev–Trinajstić information content (AvgIpc) is 3.25. The van der Waals surface area contributed by atoms with Gasteiger partial charge in [0.1, 0.15) is 0 Å². The van der Waals surface area contributed by atoms with Crippen LogP contribution >= 0.6 is 34.5 Å². The second-order valence-electron chi connectivity index (χ2n) is 6.25. The third-order valence-corrected chi connectivity index (χ3v) is 5.50. The maximum Gasteiger partial charge on any atom is 0.194 e. The van der Waals surface area contributed by atoms with Crippen LogP contribution in [-0.2, 0) is 6.54 Å². The van der Waals surface area contributed by atoms with Crippen molar-refractivity contribution in [3.8, 4) is 11.3 Å². The molecular formula is C20H17Cl2N5S. The van der Waals surface area contributed by atoms with E-state index >= 15 is 0 Å². The van der Waals surface area contributed by atoms with Crippen molar-refractivity contribution in [2.24, 2.45) is 11.6 Å². The van der Waals surface area contributed by atoms with E-state index in [0.29, 0.717) is 22.3 Å². The number of aromatic nitrogens is 2. The highest BCUT2D eigenvalue weighted by molar-refractivity contribution is 7.15. The van der Waals surface area contributed by atoms with Crippen LogP contribution in [0.1, 0.15) is 11.3 Å². The molecule has 5 nitrogen and oxygen atoms in total. The number of nitrogens with two attached hydrogens (primary N) is 2. The first-order valence-corrected chi connectivity index (χ1v) is 10.1. The lowest BCUT2D eigenvalue weighted by Gasteiger charge is -2.15. The summed E-state index contributed by atoms with van der Waals surface area (Å²) in [4.78, 5) is 5.60. The lowest BCUT2D eigenvalue weighted by Crippen LogP contribution is -2.25. The molecule has 4 rings (SSSR count). The van der Waals surface area contributed by atoms with Crippen molar-refractivity contribution in [2.45, 2.75) is 6.54 Å². The van der Waals surface area contributed by atoms with Crippen LogP contribution in [0.25, 0.3) is 21.9 Å². The van der Waals surface area contributed by atoms with Crippen LogP contribution in [0.5, 0.6) is 0 Å². The van der Waals surface area contributed by atoms with Gasteiger partial charge in [0.25, 0.3) is 0 Å². The van der Waals surface area contributed by atoms with Gasteiger partial charge in [-0.25, -0.2) is 10.8 Å². The molecule has 2 aromatic heterocycles. The topological polar surface area (TPSA) is 72.6 Å². The number of imidazole rings is 1. The molecule has 0 radical (unpaired) electrons. The minimum Gasteiger partial charge on any atom is -0.396 e. The summed E-state index contributed by atoms with van der Waals surface area (Å²) in [5.41, 5.74) is 10.5. The molecule has 0 aliphatic carbocycles. The van der Waals surface area contributed by atoms with Gasteiger partial charge in [-0.2, -0.15) is 0 Å². The largest absolute Gasteiger partial charge is 0.396 e. The molecule has 142 valence electrons. The van der Waals surface area contributed by atoms with Gasteiger partial charge in [-0.05, 0) is 29.8 Å². The van der Waals surface area contributed by atoms with E-state index < -0.39 is 0 Å². The van der Waals surface area contributed by atoms with Crippen molar-refractivity contribution in [3.63, 3.8) is 0 Å². The molecule has 2 heterocycles. The molecule has 0 saturated carbocycles. The third kappa shape index (κ3) is 3.86. The van der Waals surface area contributed by atoms with Crippen LogP contribution in [0.3, 0.4) is 0 Å². The van der Waals surface area contributed by atoms with E-state index in [4.69, 9.17) is 39.8 Å². The molecule has 0 aliphatic rings. The summed E-state index contributed by atoms with van der Waals surface area (Å²) in [5.74, 6) is 6.18. The van der Waals surface area contributed by atoms with Crippen LogP contribution in [0.4, 0.5) is 0 Å². The van der Waals surface area contributed by atoms with E-state index in [1.807, 2.05) is 64.5 Å². The molecule has 0 fully saturated rings. The number of halogens is 2. The van der Waals surface area contributed by atoms with E-state index in [-0.39, 0.29) is 0 Å². The van der Waals surface area contributed by atoms with Gasteiger partial charge in [0, 0.05) is 33.4 Å². The molecule has 8 heteroatoms. The van der Waals surface area contributed by atoms with E-state index in [1.165, 1.54) is 0 Å². The minimum absolute atomic E-state index is 0.500. The second-order valence-corrected chi connectivity index (χ2v) is 8.00. The third-order valence-electron chi connectivity index (χ3n) is 4.24. The van der Waals surface area contributed by atoms with Crippen molar-refractivity contribution >= 4 is 45.2 Å². The molecule has 0 spiro atoms. The lowest BCUT2D eigenvalue weighted by molar-refractivity contribution is 0.388. The summed E-state index contributed by atoms with van der Waals surface area (Å²) in [6.45, 7) is 0.500. The molecule has 0 atom stereocenters. The summed E-state index contributed by atoms with van der Waals surface area (Å²) < 4.78 is 1.97. The van der Waals surface area contributed by atoms with Crippen molar-refractivity contribution in [1.82, 2.24) is 14.4 Å². The Morgan fingerprint density at radius 3 is 2.39 bits per heavy atom. The first-order chi connectivity index (χ1) is 13.5. The molecule has 0 unspecified atom stereocenters. The van der Waals surface area contributed by atoms with Gasteiger partial charge in [0.2, 0.25) is 0 Å². The number of benzene rings is 2. The molecule has 4 aromatic rings. The number of fused-ring (bicyclic) bond motifs is 1. The van der Waals surface area contributed by atoms with Crippen molar-refractivity contribution < 1.29 is 0 Å². The minimum atomic E-state index is 0.500. The maximum absolute atomic E-state index is 6.45. The van der Waals surface area contributed by atoms with Gasteiger partial charge >= 0.3 is 0 Å². The predicted molar refractivity (Wildman–Crippen MR) is 117 cm³/mol. The smallest absolute Gasteiger partial charge is 0.194 e. The molecule has 0 saturated heterocycles. The van der Waals surface area contributed by atoms with Crippen molar-refractivity contribution in [1.29, 1.82) is 0 Å². The molecule has 0 bridgehead atoms. The Morgan fingerprint density at radius 1 is 1.07 bits per heavy atom. The first-order valence-electron chi connectivity index (χ1n) is 8.46. The van der Waals surface area contributed by atoms with Crippen LogP contribution in [-0.4, -0.2) is 14.4 Å². The Hall–Kier alpha value is -2.51. The normalized spacial score (nSPS) is 11.9. The summed E-state index contributed by atoms with van der Waals surface area (Å²) in [6.07, 6.45) is 3.66. The SMILES string of the molecule is N/C(=C\N(N)Cc1ccc(Cl)cc1)c1c(-c2ccc(Cl)cc2)nc2sccn12. The van der Waals surface area contributed by atoms with Crippen LogP contribution < -0.4 is 11.6 Å². The number of hydrazine groups is 1. The van der Waals surface area contributed by atoms with Crippen LogP contribution in [0, 0.1) is 0 Å². The van der Waals surface area contributed by atoms with Gasteiger partial charge in [-0.15, -0.1) is 11.3 Å². The van der Waals surface area contributed by atoms with Gasteiger partial charge in [-0.3, -0.25) is 4.40 Å². The summed E-state index contributed by atoms with van der Waals surface area (Å²) >= 11 is 13.5. The average molecular weight is 430 g/mol. The molecule has 0 amide bonds. The van der Waals surface area contributed by atoms with Crippen molar-refractivity contribution in [2.75, 3.05) is 0 Å². The number of thiazole rings is 1. The number of hydrogen-bond acceptors (Lipinski definition) is 5. The lowest BCUT2D eigenvalue weighted by atomic mass is 10.1. The standard InChI is InChI=1S/C20H17Cl2N5S/c21-15-5-1-13(2-6-15)11-26(24)12-17(23)19-18(14-3-7-16(22)8-4-14)25-20-27(19)9-10-28-20/h1-10,12H,11,23-24H2/b17-12-. The van der Waals surface area contributed by atoms with Crippen LogP contribution in [0.15, 0.2) is 66.3 Å². The Morgan fingerprint density at radius 2 is 1.71 bits per heavy atom. The summed E-state index contributed by atoms with van der Waals surface area (Å²) in [6, 6.07) is 15.1. The summed E-state index contributed by atoms with van der Waals surface area (Å²) in [5, 5.41) is 4.88. The highest BCUT2D eigenvalue weighted by atomic mass is 35.5. The van der Waals surface area contributed by atoms with Crippen LogP contribution in [0.2, 0.25) is 10.0 Å². The molecule has 2 aromatic carbocycles. The zero-order chi connectivity index (χ0) is 19.7. The highest BCUT2D eigenvalue weighted by Gasteiger charge is 2.17. The second kappa shape index (κ2) is 7.85. The van der Waals surface area contributed by atoms with E-state index in [0.717, 1.165) is 27.5 Å². The van der Waals surface area contributed by atoms with E-state index in [1.54, 1.807) is 22.5 Å². The Bertz CT molecular complexity index is 1130. The molecule has 28 heavy (non-hydrogen) atoms. The molecule has 4 N–H and O–H groups in total. The Balaban J connectivity index is 1.69. The van der Waals surface area contributed by atoms with E-state index in [2.05, 4.69) is 0 Å². The molecular weight excluding hydrogens is 413 g/mol. The highest BCUT2D eigenvalue weighted by Crippen LogP contribution is 2.30. The Kier molecular flexibility index (Phi) is 5.28. The van der Waals surface area contributed by atoms with Gasteiger partial charge in [0.05, 0.1) is 23.6 Å². The first kappa shape index (κ1) is 18.8. The van der Waals surface area contributed by atoms with Gasteiger partial charge in [-0.1, -0.05) is 47.5 Å². The Labute approximate surface area is 176 Å². The van der Waals surface area contributed by atoms with Gasteiger partial charge < -0.3 is 10.7 Å². The number of hydrogen-bond donors (Lipinski definition) is 2. The fourth-order valence-electron chi connectivity index (χ4n) is 2.96. The number of nitrogens with zero attached hydrogens (tertiary/aromatic N) is 3. The maximum atomic E-state index is 6.45. The zero-order valence-corrected chi connectivity index (χ0v) is 17.0. The quantitative estimate of drug-likeness (QED) is 0.345. The summed E-state index contributed by atoms with van der Waals surface area (Å²) in [7, 11) is 0. The van der Waals surface area contributed by atoms with E-state index in [9.17, 15) is 0 Å². The molecule has 0 aliphatic heterocycles. The number of rotatable bonds is 5. The predicted octanol–water partition coefficient (Wildman–Crippen LogP) is 5.00.